The molecule has 2 aromatic rings. The molecule has 0 saturated heterocycles. The van der Waals surface area contributed by atoms with Crippen LogP contribution in [0.25, 0.3) is 0 Å². The third-order valence-electron chi connectivity index (χ3n) is 3.83. The van der Waals surface area contributed by atoms with E-state index in [1.54, 1.807) is 12.1 Å². The predicted molar refractivity (Wildman–Crippen MR) is 93.1 cm³/mol. The van der Waals surface area contributed by atoms with E-state index < -0.39 is 15.9 Å². The number of hydrogen-bond acceptors (Lipinski definition) is 5. The molecule has 0 saturated carbocycles. The number of aliphatic imine (C=N–C) groups is 1. The Morgan fingerprint density at radius 1 is 1.12 bits per heavy atom. The predicted octanol–water partition coefficient (Wildman–Crippen LogP) is 0.901. The summed E-state index contributed by atoms with van der Waals surface area (Å²) in [5.74, 6) is -1.23. The van der Waals surface area contributed by atoms with E-state index in [0.717, 1.165) is 5.56 Å². The first kappa shape index (κ1) is 17.1. The largest absolute Gasteiger partial charge is 0.396 e. The number of aliphatic hydroxyl groups is 1. The van der Waals surface area contributed by atoms with Crippen LogP contribution in [-0.2, 0) is 14.8 Å². The minimum atomic E-state index is -3.82. The highest BCUT2D eigenvalue weighted by Crippen LogP contribution is 2.26. The second-order valence-electron chi connectivity index (χ2n) is 5.53. The molecule has 2 aromatic carbocycles. The first-order valence-corrected chi connectivity index (χ1v) is 9.14. The zero-order valence-corrected chi connectivity index (χ0v) is 14.0. The van der Waals surface area contributed by atoms with Crippen molar-refractivity contribution in [1.82, 2.24) is 10.0 Å². The standard InChI is InChI=1S/C17H17N3O4S/c21-11-13(12-6-2-1-3-7-12)10-18-17(22)16-19-14-8-4-5-9-15(14)25(23,24)20-16/h1-9,13,21H,10-11H2,(H,18,22)(H,19,20). The lowest BCUT2D eigenvalue weighted by atomic mass is 10.0. The summed E-state index contributed by atoms with van der Waals surface area (Å²) < 4.78 is 26.6. The topological polar surface area (TPSA) is 108 Å². The fraction of sp³-hybridized carbons (Fsp3) is 0.176. The molecule has 1 unspecified atom stereocenters. The number of nitrogens with one attached hydrogen (secondary N) is 2. The van der Waals surface area contributed by atoms with Gasteiger partial charge in [-0.1, -0.05) is 42.5 Å². The summed E-state index contributed by atoms with van der Waals surface area (Å²) in [5, 5.41) is 12.1. The van der Waals surface area contributed by atoms with Crippen molar-refractivity contribution < 1.29 is 18.3 Å². The smallest absolute Gasteiger partial charge is 0.287 e. The van der Waals surface area contributed by atoms with Crippen LogP contribution in [0.15, 0.2) is 64.5 Å². The molecule has 0 spiro atoms. The lowest BCUT2D eigenvalue weighted by molar-refractivity contribution is -0.115. The molecule has 1 heterocycles. The lowest BCUT2D eigenvalue weighted by Gasteiger charge is -2.19. The van der Waals surface area contributed by atoms with Crippen LogP contribution in [0.2, 0.25) is 0 Å². The Bertz CT molecular complexity index is 911. The fourth-order valence-corrected chi connectivity index (χ4v) is 3.66. The monoisotopic (exact) mass is 359 g/mol. The maximum absolute atomic E-state index is 12.3. The van der Waals surface area contributed by atoms with Crippen molar-refractivity contribution in [3.05, 3.63) is 60.2 Å². The van der Waals surface area contributed by atoms with Crippen molar-refractivity contribution >= 4 is 27.5 Å². The van der Waals surface area contributed by atoms with E-state index in [4.69, 9.17) is 0 Å². The number of sulfonamides is 1. The molecular weight excluding hydrogens is 342 g/mol. The number of benzene rings is 2. The molecule has 130 valence electrons. The third-order valence-corrected chi connectivity index (χ3v) is 5.22. The molecule has 0 aromatic heterocycles. The number of aliphatic hydroxyl groups excluding tert-OH is 1. The second-order valence-corrected chi connectivity index (χ2v) is 7.18. The summed E-state index contributed by atoms with van der Waals surface area (Å²) in [4.78, 5) is 16.4. The molecule has 7 nitrogen and oxygen atoms in total. The maximum atomic E-state index is 12.3. The van der Waals surface area contributed by atoms with Gasteiger partial charge in [0, 0.05) is 12.5 Å². The van der Waals surface area contributed by atoms with E-state index in [0.29, 0.717) is 0 Å². The molecule has 0 aliphatic carbocycles. The number of carbonyl (C=O) groups is 1. The quantitative estimate of drug-likeness (QED) is 0.737. The minimum Gasteiger partial charge on any atom is -0.396 e. The Kier molecular flexibility index (Phi) is 4.82. The van der Waals surface area contributed by atoms with E-state index in [2.05, 4.69) is 15.0 Å². The average molecular weight is 359 g/mol. The van der Waals surface area contributed by atoms with Gasteiger partial charge in [0.1, 0.15) is 4.90 Å². The summed E-state index contributed by atoms with van der Waals surface area (Å²) in [6.45, 7) is 0.00702. The van der Waals surface area contributed by atoms with Gasteiger partial charge in [-0.25, -0.2) is 13.4 Å². The number of hydrogen-bond donors (Lipinski definition) is 3. The highest BCUT2D eigenvalue weighted by Gasteiger charge is 2.28. The molecule has 1 aliphatic rings. The number of fused-ring (bicyclic) bond motifs is 1. The summed E-state index contributed by atoms with van der Waals surface area (Å²) in [6.07, 6.45) is 0. The molecule has 3 rings (SSSR count). The van der Waals surface area contributed by atoms with E-state index in [1.807, 2.05) is 30.3 Å². The summed E-state index contributed by atoms with van der Waals surface area (Å²) >= 11 is 0. The van der Waals surface area contributed by atoms with Gasteiger partial charge >= 0.3 is 0 Å². The Morgan fingerprint density at radius 2 is 1.80 bits per heavy atom. The normalized spacial score (nSPS) is 16.1. The van der Waals surface area contributed by atoms with E-state index >= 15 is 0 Å². The SMILES string of the molecule is O=C(NCC(CO)c1ccccc1)C1=Nc2ccccc2S(=O)(=O)N1. The number of carbonyl (C=O) groups excluding carboxylic acids is 1. The van der Waals surface area contributed by atoms with Crippen molar-refractivity contribution in [2.75, 3.05) is 13.2 Å². The van der Waals surface area contributed by atoms with Gasteiger partial charge in [-0.05, 0) is 17.7 Å². The summed E-state index contributed by atoms with van der Waals surface area (Å²) in [7, 11) is -3.82. The van der Waals surface area contributed by atoms with E-state index in [1.165, 1.54) is 12.1 Å². The number of rotatable bonds is 5. The molecular formula is C17H17N3O4S. The number of amidine groups is 1. The first-order chi connectivity index (χ1) is 12.0. The van der Waals surface area contributed by atoms with Gasteiger partial charge < -0.3 is 10.4 Å². The molecule has 25 heavy (non-hydrogen) atoms. The van der Waals surface area contributed by atoms with Crippen LogP contribution in [0, 0.1) is 0 Å². The van der Waals surface area contributed by atoms with Crippen molar-refractivity contribution in [3.8, 4) is 0 Å². The van der Waals surface area contributed by atoms with Gasteiger partial charge in [-0.3, -0.25) is 9.52 Å². The van der Waals surface area contributed by atoms with Crippen LogP contribution in [0.4, 0.5) is 5.69 Å². The first-order valence-electron chi connectivity index (χ1n) is 7.66. The molecule has 1 atom stereocenters. The van der Waals surface area contributed by atoms with Crippen molar-refractivity contribution in [2.24, 2.45) is 4.99 Å². The molecule has 0 bridgehead atoms. The maximum Gasteiger partial charge on any atom is 0.287 e. The van der Waals surface area contributed by atoms with Gasteiger partial charge in [-0.2, -0.15) is 0 Å². The van der Waals surface area contributed by atoms with Crippen molar-refractivity contribution in [2.45, 2.75) is 10.8 Å². The van der Waals surface area contributed by atoms with Crippen LogP contribution in [0.5, 0.6) is 0 Å². The van der Waals surface area contributed by atoms with Crippen molar-refractivity contribution in [3.63, 3.8) is 0 Å². The minimum absolute atomic E-state index is 0.0315. The molecule has 8 heteroatoms. The molecule has 1 amide bonds. The molecule has 3 N–H and O–H groups in total. The van der Waals surface area contributed by atoms with Crippen LogP contribution in [0.1, 0.15) is 11.5 Å². The number of para-hydroxylation sites is 1. The Morgan fingerprint density at radius 3 is 2.52 bits per heavy atom. The Labute approximate surface area is 145 Å². The number of amides is 1. The van der Waals surface area contributed by atoms with Gasteiger partial charge in [0.15, 0.2) is 0 Å². The van der Waals surface area contributed by atoms with E-state index in [9.17, 15) is 18.3 Å². The van der Waals surface area contributed by atoms with Crippen molar-refractivity contribution in [1.29, 1.82) is 0 Å². The summed E-state index contributed by atoms with van der Waals surface area (Å²) in [6, 6.07) is 15.4. The second kappa shape index (κ2) is 7.04. The zero-order chi connectivity index (χ0) is 17.9. The molecule has 0 radical (unpaired) electrons. The fourth-order valence-electron chi connectivity index (χ4n) is 2.51. The summed E-state index contributed by atoms with van der Waals surface area (Å²) in [5.41, 5.74) is 1.09. The van der Waals surface area contributed by atoms with Gasteiger partial charge in [0.05, 0.1) is 12.3 Å². The molecule has 1 aliphatic heterocycles. The Balaban J connectivity index is 1.75. The van der Waals surface area contributed by atoms with Gasteiger partial charge in [0.25, 0.3) is 15.9 Å². The van der Waals surface area contributed by atoms with Gasteiger partial charge in [0.2, 0.25) is 5.84 Å². The van der Waals surface area contributed by atoms with Crippen LogP contribution >= 0.6 is 0 Å². The Hall–Kier alpha value is -2.71. The van der Waals surface area contributed by atoms with Crippen LogP contribution in [-0.4, -0.2) is 38.4 Å². The highest BCUT2D eigenvalue weighted by atomic mass is 32.2. The average Bonchev–Trinajstić information content (AvgIpc) is 2.62. The van der Waals surface area contributed by atoms with Crippen LogP contribution < -0.4 is 10.0 Å². The zero-order valence-electron chi connectivity index (χ0n) is 13.2. The molecule has 0 fully saturated rings. The third kappa shape index (κ3) is 3.70. The highest BCUT2D eigenvalue weighted by molar-refractivity contribution is 7.90. The van der Waals surface area contributed by atoms with E-state index in [-0.39, 0.29) is 35.5 Å². The van der Waals surface area contributed by atoms with Gasteiger partial charge in [-0.15, -0.1) is 0 Å². The lowest BCUT2D eigenvalue weighted by Crippen LogP contribution is -2.45. The number of nitrogens with zero attached hydrogens (tertiary/aromatic N) is 1. The van der Waals surface area contributed by atoms with Crippen LogP contribution in [0.3, 0.4) is 0 Å².